The van der Waals surface area contributed by atoms with E-state index >= 15 is 0 Å². The Bertz CT molecular complexity index is 1390. The predicted molar refractivity (Wildman–Crippen MR) is 141 cm³/mol. The topological polar surface area (TPSA) is 88.8 Å². The van der Waals surface area contributed by atoms with Crippen LogP contribution < -0.4 is 5.32 Å². The standard InChI is InChI=1S/C27H29N7OS/c1-17-5-6-20(15-29-17)24-22-7-8-23-26(36-27(31-23)30-18(2)35)25(22)34(32-24)21-9-12-33(13-10-21)16-19-4-3-11-28-14-19/h3-6,11,14-15,21H,7-10,12-13,16H2,1-2H3,(H,30,31,35). The number of rotatable bonds is 5. The maximum atomic E-state index is 11.7. The first-order chi connectivity index (χ1) is 17.5. The molecule has 0 spiro atoms. The first kappa shape index (κ1) is 23.0. The number of anilines is 1. The molecule has 8 nitrogen and oxygen atoms in total. The number of hydrogen-bond acceptors (Lipinski definition) is 7. The van der Waals surface area contributed by atoms with Gasteiger partial charge in [0, 0.05) is 62.0 Å². The Kier molecular flexibility index (Phi) is 6.10. The van der Waals surface area contributed by atoms with Crippen molar-refractivity contribution in [3.63, 3.8) is 0 Å². The number of piperidine rings is 1. The first-order valence-electron chi connectivity index (χ1n) is 12.5. The number of hydrogen-bond donors (Lipinski definition) is 1. The van der Waals surface area contributed by atoms with Crippen molar-refractivity contribution in [1.82, 2.24) is 29.6 Å². The van der Waals surface area contributed by atoms with Gasteiger partial charge in [0.05, 0.1) is 28.0 Å². The van der Waals surface area contributed by atoms with Crippen LogP contribution in [0.3, 0.4) is 0 Å². The van der Waals surface area contributed by atoms with E-state index in [2.05, 4.69) is 37.0 Å². The van der Waals surface area contributed by atoms with Gasteiger partial charge in [0.25, 0.3) is 0 Å². The maximum absolute atomic E-state index is 11.7. The Balaban J connectivity index is 1.34. The van der Waals surface area contributed by atoms with Crippen LogP contribution in [-0.2, 0) is 24.2 Å². The number of carbonyl (C=O) groups is 1. The molecule has 2 aliphatic rings. The molecule has 0 saturated carbocycles. The van der Waals surface area contributed by atoms with Crippen LogP contribution in [0.1, 0.15) is 48.3 Å². The van der Waals surface area contributed by atoms with Gasteiger partial charge in [-0.1, -0.05) is 17.4 Å². The molecular weight excluding hydrogens is 470 g/mol. The SMILES string of the molecule is CC(=O)Nc1nc2c(s1)-c1c(c(-c3ccc(C)nc3)nn1C1CCN(Cc3cccnc3)CC1)CC2. The largest absolute Gasteiger partial charge is 0.302 e. The van der Waals surface area contributed by atoms with E-state index in [1.807, 2.05) is 37.6 Å². The van der Waals surface area contributed by atoms with Crippen LogP contribution in [0.2, 0.25) is 0 Å². The fourth-order valence-electron chi connectivity index (χ4n) is 5.28. The Labute approximate surface area is 214 Å². The number of amides is 1. The summed E-state index contributed by atoms with van der Waals surface area (Å²) in [5.74, 6) is -0.0952. The molecule has 9 heteroatoms. The summed E-state index contributed by atoms with van der Waals surface area (Å²) in [6.45, 7) is 6.49. The van der Waals surface area contributed by atoms with Crippen LogP contribution in [0.15, 0.2) is 42.9 Å². The monoisotopic (exact) mass is 499 g/mol. The first-order valence-corrected chi connectivity index (χ1v) is 13.3. The lowest BCUT2D eigenvalue weighted by Crippen LogP contribution is -2.34. The highest BCUT2D eigenvalue weighted by Crippen LogP contribution is 2.45. The second kappa shape index (κ2) is 9.55. The second-order valence-electron chi connectivity index (χ2n) is 9.65. The zero-order valence-electron chi connectivity index (χ0n) is 20.6. The molecule has 184 valence electrons. The molecule has 1 amide bonds. The van der Waals surface area contributed by atoms with Gasteiger partial charge in [-0.15, -0.1) is 0 Å². The van der Waals surface area contributed by atoms with Gasteiger partial charge < -0.3 is 5.32 Å². The quantitative estimate of drug-likeness (QED) is 0.429. The molecule has 4 aromatic heterocycles. The van der Waals surface area contributed by atoms with Gasteiger partial charge in [0.15, 0.2) is 5.13 Å². The number of thiazole rings is 1. The van der Waals surface area contributed by atoms with E-state index in [4.69, 9.17) is 10.1 Å². The van der Waals surface area contributed by atoms with Crippen molar-refractivity contribution in [2.24, 2.45) is 0 Å². The zero-order chi connectivity index (χ0) is 24.6. The number of aryl methyl sites for hydroxylation is 2. The highest BCUT2D eigenvalue weighted by atomic mass is 32.1. The number of nitrogens with zero attached hydrogens (tertiary/aromatic N) is 6. The van der Waals surface area contributed by atoms with Crippen molar-refractivity contribution >= 4 is 22.4 Å². The molecule has 36 heavy (non-hydrogen) atoms. The van der Waals surface area contributed by atoms with Crippen LogP contribution >= 0.6 is 11.3 Å². The van der Waals surface area contributed by atoms with Crippen molar-refractivity contribution in [1.29, 1.82) is 0 Å². The summed E-state index contributed by atoms with van der Waals surface area (Å²) in [4.78, 5) is 28.9. The molecule has 0 bridgehead atoms. The lowest BCUT2D eigenvalue weighted by Gasteiger charge is -2.33. The molecule has 4 aromatic rings. The normalized spacial score (nSPS) is 15.9. The van der Waals surface area contributed by atoms with Crippen molar-refractivity contribution in [2.45, 2.75) is 52.1 Å². The van der Waals surface area contributed by atoms with Crippen LogP contribution in [0.25, 0.3) is 21.8 Å². The van der Waals surface area contributed by atoms with Crippen molar-refractivity contribution in [3.8, 4) is 21.8 Å². The fourth-order valence-corrected chi connectivity index (χ4v) is 6.40. The molecule has 0 atom stereocenters. The number of carbonyl (C=O) groups excluding carboxylic acids is 1. The summed E-state index contributed by atoms with van der Waals surface area (Å²) in [6, 6.07) is 8.63. The third-order valence-corrected chi connectivity index (χ3v) is 8.05. The maximum Gasteiger partial charge on any atom is 0.223 e. The molecular formula is C27H29N7OS. The van der Waals surface area contributed by atoms with Crippen molar-refractivity contribution < 1.29 is 4.79 Å². The van der Waals surface area contributed by atoms with Crippen LogP contribution in [-0.4, -0.2) is 48.6 Å². The summed E-state index contributed by atoms with van der Waals surface area (Å²) in [5.41, 5.74) is 7.82. The second-order valence-corrected chi connectivity index (χ2v) is 10.7. The Hall–Kier alpha value is -3.43. The third kappa shape index (κ3) is 4.44. The zero-order valence-corrected chi connectivity index (χ0v) is 21.4. The van der Waals surface area contributed by atoms with E-state index in [1.54, 1.807) is 11.3 Å². The van der Waals surface area contributed by atoms with E-state index < -0.39 is 0 Å². The Morgan fingerprint density at radius 3 is 2.75 bits per heavy atom. The number of fused-ring (bicyclic) bond motifs is 3. The van der Waals surface area contributed by atoms with Crippen LogP contribution in [0.4, 0.5) is 5.13 Å². The molecule has 1 aliphatic carbocycles. The summed E-state index contributed by atoms with van der Waals surface area (Å²) in [7, 11) is 0. The van der Waals surface area contributed by atoms with Gasteiger partial charge >= 0.3 is 0 Å². The van der Waals surface area contributed by atoms with Gasteiger partial charge in [0.1, 0.15) is 0 Å². The number of nitrogens with one attached hydrogen (secondary N) is 1. The molecule has 6 rings (SSSR count). The van der Waals surface area contributed by atoms with Crippen molar-refractivity contribution in [3.05, 3.63) is 65.4 Å². The van der Waals surface area contributed by atoms with Gasteiger partial charge in [-0.2, -0.15) is 5.10 Å². The average Bonchev–Trinajstić information content (AvgIpc) is 3.46. The summed E-state index contributed by atoms with van der Waals surface area (Å²) in [6.07, 6.45) is 9.51. The van der Waals surface area contributed by atoms with Crippen molar-refractivity contribution in [2.75, 3.05) is 18.4 Å². The van der Waals surface area contributed by atoms with E-state index in [-0.39, 0.29) is 5.91 Å². The molecule has 1 N–H and O–H groups in total. The number of aromatic nitrogens is 5. The Morgan fingerprint density at radius 2 is 2.03 bits per heavy atom. The lowest BCUT2D eigenvalue weighted by atomic mass is 9.94. The van der Waals surface area contributed by atoms with E-state index in [0.717, 1.165) is 72.8 Å². The van der Waals surface area contributed by atoms with Gasteiger partial charge in [-0.3, -0.25) is 24.3 Å². The molecule has 1 aliphatic heterocycles. The minimum atomic E-state index is -0.0952. The van der Waals surface area contributed by atoms with Gasteiger partial charge in [-0.25, -0.2) is 4.98 Å². The fraction of sp³-hybridized carbons (Fsp3) is 0.370. The van der Waals surface area contributed by atoms with E-state index in [0.29, 0.717) is 11.2 Å². The van der Waals surface area contributed by atoms with Gasteiger partial charge in [0.2, 0.25) is 5.91 Å². The predicted octanol–water partition coefficient (Wildman–Crippen LogP) is 4.67. The minimum absolute atomic E-state index is 0.0952. The highest BCUT2D eigenvalue weighted by molar-refractivity contribution is 7.19. The molecule has 5 heterocycles. The smallest absolute Gasteiger partial charge is 0.223 e. The summed E-state index contributed by atoms with van der Waals surface area (Å²) < 4.78 is 2.26. The molecule has 0 radical (unpaired) electrons. The summed E-state index contributed by atoms with van der Waals surface area (Å²) >= 11 is 1.56. The molecule has 1 fully saturated rings. The Morgan fingerprint density at radius 1 is 1.17 bits per heavy atom. The molecule has 1 saturated heterocycles. The van der Waals surface area contributed by atoms with Gasteiger partial charge in [-0.05, 0) is 56.4 Å². The summed E-state index contributed by atoms with van der Waals surface area (Å²) in [5, 5.41) is 8.78. The van der Waals surface area contributed by atoms with E-state index in [1.165, 1.54) is 23.7 Å². The highest BCUT2D eigenvalue weighted by Gasteiger charge is 2.33. The lowest BCUT2D eigenvalue weighted by molar-refractivity contribution is -0.114. The van der Waals surface area contributed by atoms with Crippen LogP contribution in [0.5, 0.6) is 0 Å². The molecule has 0 unspecified atom stereocenters. The number of likely N-dealkylation sites (tertiary alicyclic amines) is 1. The number of pyridine rings is 2. The van der Waals surface area contributed by atoms with Crippen LogP contribution in [0, 0.1) is 6.92 Å². The average molecular weight is 500 g/mol. The third-order valence-electron chi connectivity index (χ3n) is 7.03. The minimum Gasteiger partial charge on any atom is -0.302 e. The van der Waals surface area contributed by atoms with E-state index in [9.17, 15) is 4.79 Å². The molecule has 0 aromatic carbocycles.